The number of nitrogens with zero attached hydrogens (tertiary/aromatic N) is 2. The van der Waals surface area contributed by atoms with Gasteiger partial charge in [-0.25, -0.2) is 8.42 Å². The highest BCUT2D eigenvalue weighted by Gasteiger charge is 2.34. The molecule has 0 bridgehead atoms. The molecule has 0 saturated carbocycles. The van der Waals surface area contributed by atoms with E-state index < -0.39 is 14.9 Å². The van der Waals surface area contributed by atoms with Crippen molar-refractivity contribution in [2.75, 3.05) is 32.4 Å². The summed E-state index contributed by atoms with van der Waals surface area (Å²) >= 11 is 1.70. The number of sulfonamides is 1. The number of hydrogen-bond acceptors (Lipinski definition) is 5. The molecule has 3 rings (SSSR count). The van der Waals surface area contributed by atoms with Crippen LogP contribution < -0.4 is 4.90 Å². The highest BCUT2D eigenvalue weighted by atomic mass is 32.2. The highest BCUT2D eigenvalue weighted by molar-refractivity contribution is 7.98. The maximum Gasteiger partial charge on any atom is 0.289 e. The van der Waals surface area contributed by atoms with E-state index in [1.807, 2.05) is 6.26 Å². The zero-order valence-corrected chi connectivity index (χ0v) is 16.6. The first-order valence-corrected chi connectivity index (χ1v) is 11.3. The van der Waals surface area contributed by atoms with Crippen molar-refractivity contribution < 1.29 is 18.2 Å². The summed E-state index contributed by atoms with van der Waals surface area (Å²) < 4.78 is 27.1. The average Bonchev–Trinajstić information content (AvgIpc) is 2.69. The van der Waals surface area contributed by atoms with Crippen LogP contribution in [-0.2, 0) is 16.6 Å². The van der Waals surface area contributed by atoms with Crippen LogP contribution in [-0.4, -0.2) is 50.1 Å². The topological polar surface area (TPSA) is 85.0 Å². The van der Waals surface area contributed by atoms with Crippen LogP contribution in [0.4, 0.5) is 5.69 Å². The Morgan fingerprint density at radius 2 is 1.74 bits per heavy atom. The molecule has 1 saturated heterocycles. The van der Waals surface area contributed by atoms with Crippen LogP contribution in [0.2, 0.25) is 0 Å². The summed E-state index contributed by atoms with van der Waals surface area (Å²) in [6.45, 7) is 2.89. The van der Waals surface area contributed by atoms with E-state index in [4.69, 9.17) is 0 Å². The van der Waals surface area contributed by atoms with Gasteiger partial charge >= 0.3 is 0 Å². The number of thioether (sulfide) groups is 1. The molecule has 0 radical (unpaired) electrons. The van der Waals surface area contributed by atoms with Gasteiger partial charge in [-0.15, -0.1) is 11.8 Å². The first kappa shape index (κ1) is 19.8. The second-order valence-electron chi connectivity index (χ2n) is 6.40. The third-order valence-electron chi connectivity index (χ3n) is 4.72. The van der Waals surface area contributed by atoms with Gasteiger partial charge in [-0.05, 0) is 24.5 Å². The number of para-hydroxylation sites is 1. The summed E-state index contributed by atoms with van der Waals surface area (Å²) in [7, 11) is -3.87. The Kier molecular flexibility index (Phi) is 6.15. The molecule has 2 aromatic rings. The van der Waals surface area contributed by atoms with Crippen molar-refractivity contribution in [3.8, 4) is 0 Å². The van der Waals surface area contributed by atoms with Crippen LogP contribution in [0.1, 0.15) is 5.56 Å². The minimum absolute atomic E-state index is 0.230. The number of piperazine rings is 1. The molecule has 0 unspecified atom stereocenters. The Hall–Kier alpha value is -1.94. The van der Waals surface area contributed by atoms with Crippen molar-refractivity contribution in [1.29, 1.82) is 0 Å². The van der Waals surface area contributed by atoms with Crippen molar-refractivity contribution in [2.24, 2.45) is 0 Å². The van der Waals surface area contributed by atoms with Crippen molar-refractivity contribution in [3.63, 3.8) is 0 Å². The lowest BCUT2D eigenvalue weighted by molar-refractivity contribution is -0.917. The van der Waals surface area contributed by atoms with E-state index in [0.717, 1.165) is 6.54 Å². The number of benzene rings is 2. The van der Waals surface area contributed by atoms with Gasteiger partial charge in [0.1, 0.15) is 6.54 Å². The van der Waals surface area contributed by atoms with Gasteiger partial charge in [0.05, 0.1) is 31.1 Å². The second-order valence-corrected chi connectivity index (χ2v) is 9.19. The molecule has 1 heterocycles. The molecule has 9 heteroatoms. The largest absolute Gasteiger partial charge is 0.329 e. The first-order chi connectivity index (χ1) is 12.9. The van der Waals surface area contributed by atoms with Gasteiger partial charge in [-0.1, -0.05) is 24.3 Å². The quantitative estimate of drug-likeness (QED) is 0.444. The van der Waals surface area contributed by atoms with E-state index in [-0.39, 0.29) is 10.6 Å². The molecular formula is C18H22N3O4S2+. The third kappa shape index (κ3) is 4.49. The minimum atomic E-state index is -3.87. The Balaban J connectivity index is 1.67. The number of nitro benzene ring substituents is 1. The maximum atomic E-state index is 12.9. The van der Waals surface area contributed by atoms with Crippen LogP contribution in [0.3, 0.4) is 0 Å². The lowest BCUT2D eigenvalue weighted by Crippen LogP contribution is -3.13. The molecule has 2 aromatic carbocycles. The van der Waals surface area contributed by atoms with Gasteiger partial charge in [-0.3, -0.25) is 10.1 Å². The second kappa shape index (κ2) is 8.39. The lowest BCUT2D eigenvalue weighted by atomic mass is 10.2. The molecule has 27 heavy (non-hydrogen) atoms. The molecule has 0 aromatic heterocycles. The monoisotopic (exact) mass is 408 g/mol. The molecule has 1 aliphatic rings. The van der Waals surface area contributed by atoms with Crippen LogP contribution in [0.15, 0.2) is 58.3 Å². The fourth-order valence-electron chi connectivity index (χ4n) is 3.22. The van der Waals surface area contributed by atoms with Crippen LogP contribution in [0, 0.1) is 10.1 Å². The van der Waals surface area contributed by atoms with E-state index in [2.05, 4.69) is 24.3 Å². The summed E-state index contributed by atoms with van der Waals surface area (Å²) in [6, 6.07) is 13.9. The Bertz CT molecular complexity index is 908. The summed E-state index contributed by atoms with van der Waals surface area (Å²) in [5.41, 5.74) is 0.846. The van der Waals surface area contributed by atoms with Gasteiger partial charge in [0.25, 0.3) is 5.69 Å². The fourth-order valence-corrected chi connectivity index (χ4v) is 5.22. The standard InChI is InChI=1S/C18H21N3O4S2/c1-26-16-8-6-15(7-9-16)14-19-10-12-20(13-11-19)27(24,25)18-5-3-2-4-17(18)21(22)23/h2-9H,10-14H2,1H3/p+1. The predicted octanol–water partition coefficient (Wildman–Crippen LogP) is 1.41. The smallest absolute Gasteiger partial charge is 0.289 e. The predicted molar refractivity (Wildman–Crippen MR) is 104 cm³/mol. The number of nitrogens with one attached hydrogen (secondary N) is 1. The molecule has 1 N–H and O–H groups in total. The summed E-state index contributed by atoms with van der Waals surface area (Å²) in [5, 5.41) is 11.2. The molecule has 0 amide bonds. The molecule has 0 aliphatic carbocycles. The van der Waals surface area contributed by atoms with E-state index in [0.29, 0.717) is 26.2 Å². The van der Waals surface area contributed by atoms with Crippen molar-refractivity contribution in [2.45, 2.75) is 16.3 Å². The maximum absolute atomic E-state index is 12.9. The number of quaternary nitrogens is 1. The number of nitro groups is 1. The lowest BCUT2D eigenvalue weighted by Gasteiger charge is -2.31. The Morgan fingerprint density at radius 3 is 2.33 bits per heavy atom. The zero-order chi connectivity index (χ0) is 19.4. The first-order valence-electron chi connectivity index (χ1n) is 8.62. The summed E-state index contributed by atoms with van der Waals surface area (Å²) in [5.74, 6) is 0. The number of rotatable bonds is 6. The van der Waals surface area contributed by atoms with Gasteiger partial charge in [0.15, 0.2) is 4.90 Å². The molecule has 0 spiro atoms. The molecule has 144 valence electrons. The minimum Gasteiger partial charge on any atom is -0.329 e. The normalized spacial score (nSPS) is 16.3. The van der Waals surface area contributed by atoms with Crippen molar-refractivity contribution in [1.82, 2.24) is 4.31 Å². The van der Waals surface area contributed by atoms with Crippen molar-refractivity contribution in [3.05, 3.63) is 64.2 Å². The third-order valence-corrected chi connectivity index (χ3v) is 7.41. The molecule has 1 fully saturated rings. The Labute approximate surface area is 163 Å². The molecule has 7 nitrogen and oxygen atoms in total. The molecular weight excluding hydrogens is 386 g/mol. The number of hydrogen-bond donors (Lipinski definition) is 1. The van der Waals surface area contributed by atoms with E-state index >= 15 is 0 Å². The zero-order valence-electron chi connectivity index (χ0n) is 15.0. The van der Waals surface area contributed by atoms with Crippen LogP contribution in [0.5, 0.6) is 0 Å². The van der Waals surface area contributed by atoms with Crippen LogP contribution in [0.25, 0.3) is 0 Å². The van der Waals surface area contributed by atoms with Crippen LogP contribution >= 0.6 is 11.8 Å². The highest BCUT2D eigenvalue weighted by Crippen LogP contribution is 2.26. The van der Waals surface area contributed by atoms with E-state index in [1.54, 1.807) is 11.8 Å². The summed E-state index contributed by atoms with van der Waals surface area (Å²) in [6.07, 6.45) is 2.04. The van der Waals surface area contributed by atoms with Gasteiger partial charge in [0.2, 0.25) is 10.0 Å². The molecule has 0 atom stereocenters. The van der Waals surface area contributed by atoms with E-state index in [9.17, 15) is 18.5 Å². The fraction of sp³-hybridized carbons (Fsp3) is 0.333. The SMILES string of the molecule is CSc1ccc(C[NH+]2CCN(S(=O)(=O)c3ccccc3[N+](=O)[O-])CC2)cc1. The van der Waals surface area contributed by atoms with E-state index in [1.165, 1.54) is 43.9 Å². The molecule has 1 aliphatic heterocycles. The van der Waals surface area contributed by atoms with Gasteiger partial charge in [-0.2, -0.15) is 4.31 Å². The Morgan fingerprint density at radius 1 is 1.11 bits per heavy atom. The average molecular weight is 409 g/mol. The van der Waals surface area contributed by atoms with Crippen molar-refractivity contribution >= 4 is 27.5 Å². The van der Waals surface area contributed by atoms with Gasteiger partial charge < -0.3 is 4.90 Å². The van der Waals surface area contributed by atoms with Gasteiger partial charge in [0, 0.05) is 16.5 Å². The summed E-state index contributed by atoms with van der Waals surface area (Å²) in [4.78, 5) is 12.8.